The fraction of sp³-hybridized carbons (Fsp3) is 0.0769. The van der Waals surface area contributed by atoms with Gasteiger partial charge in [0.15, 0.2) is 17.3 Å². The fourth-order valence-corrected chi connectivity index (χ4v) is 1.47. The summed E-state index contributed by atoms with van der Waals surface area (Å²) < 4.78 is 10.8. The number of methoxy groups -OCH3 is 1. The standard InChI is InChI=1S/C13H13N3O3/c1-18-10-4-2-3-5-11(10)19-12-7-6-9(8-15-12)13(14)16-17/h2-8,17H,1H3,(H2,14,16). The molecule has 0 bridgehead atoms. The molecule has 6 nitrogen and oxygen atoms in total. The smallest absolute Gasteiger partial charge is 0.219 e. The third-order valence-electron chi connectivity index (χ3n) is 2.42. The van der Waals surface area contributed by atoms with Gasteiger partial charge in [-0.15, -0.1) is 0 Å². The van der Waals surface area contributed by atoms with E-state index in [9.17, 15) is 0 Å². The van der Waals surface area contributed by atoms with Crippen LogP contribution in [0.2, 0.25) is 0 Å². The van der Waals surface area contributed by atoms with Gasteiger partial charge >= 0.3 is 0 Å². The average Bonchev–Trinajstić information content (AvgIpc) is 2.48. The Morgan fingerprint density at radius 3 is 2.53 bits per heavy atom. The maximum absolute atomic E-state index is 8.55. The lowest BCUT2D eigenvalue weighted by atomic mass is 10.2. The first-order chi connectivity index (χ1) is 9.24. The number of rotatable bonds is 4. The molecule has 2 aromatic rings. The quantitative estimate of drug-likeness (QED) is 0.379. The van der Waals surface area contributed by atoms with E-state index in [0.29, 0.717) is 22.9 Å². The van der Waals surface area contributed by atoms with Crippen LogP contribution in [0.5, 0.6) is 17.4 Å². The highest BCUT2D eigenvalue weighted by Crippen LogP contribution is 2.29. The molecule has 0 saturated heterocycles. The Morgan fingerprint density at radius 1 is 1.21 bits per heavy atom. The normalized spacial score (nSPS) is 11.1. The minimum Gasteiger partial charge on any atom is -0.493 e. The Hall–Kier alpha value is -2.76. The van der Waals surface area contributed by atoms with Gasteiger partial charge in [-0.05, 0) is 18.2 Å². The van der Waals surface area contributed by atoms with Crippen LogP contribution >= 0.6 is 0 Å². The lowest BCUT2D eigenvalue weighted by Gasteiger charge is -2.09. The molecule has 2 rings (SSSR count). The number of nitrogens with zero attached hydrogens (tertiary/aromatic N) is 2. The highest BCUT2D eigenvalue weighted by molar-refractivity contribution is 5.96. The number of pyridine rings is 1. The Bertz CT molecular complexity index is 582. The third kappa shape index (κ3) is 2.92. The first-order valence-corrected chi connectivity index (χ1v) is 5.49. The van der Waals surface area contributed by atoms with E-state index in [1.54, 1.807) is 31.4 Å². The van der Waals surface area contributed by atoms with E-state index < -0.39 is 0 Å². The largest absolute Gasteiger partial charge is 0.493 e. The van der Waals surface area contributed by atoms with Crippen LogP contribution in [0.1, 0.15) is 5.56 Å². The summed E-state index contributed by atoms with van der Waals surface area (Å²) in [7, 11) is 1.57. The SMILES string of the molecule is COc1ccccc1Oc1ccc(/C(N)=N/O)cn1. The zero-order valence-corrected chi connectivity index (χ0v) is 10.3. The van der Waals surface area contributed by atoms with Gasteiger partial charge in [0.2, 0.25) is 5.88 Å². The van der Waals surface area contributed by atoms with E-state index in [0.717, 1.165) is 0 Å². The van der Waals surface area contributed by atoms with Crippen LogP contribution in [0.3, 0.4) is 0 Å². The highest BCUT2D eigenvalue weighted by Gasteiger charge is 2.06. The first kappa shape index (κ1) is 12.7. The van der Waals surface area contributed by atoms with Gasteiger partial charge in [0.1, 0.15) is 0 Å². The molecule has 0 saturated carbocycles. The zero-order valence-electron chi connectivity index (χ0n) is 10.3. The molecule has 19 heavy (non-hydrogen) atoms. The van der Waals surface area contributed by atoms with Crippen molar-refractivity contribution in [2.45, 2.75) is 0 Å². The van der Waals surface area contributed by atoms with E-state index in [4.69, 9.17) is 20.4 Å². The Morgan fingerprint density at radius 2 is 1.95 bits per heavy atom. The molecule has 0 spiro atoms. The number of oxime groups is 1. The van der Waals surface area contributed by atoms with Gasteiger partial charge in [0, 0.05) is 17.8 Å². The van der Waals surface area contributed by atoms with Gasteiger partial charge in [-0.25, -0.2) is 4.98 Å². The van der Waals surface area contributed by atoms with Gasteiger partial charge in [0.05, 0.1) is 7.11 Å². The van der Waals surface area contributed by atoms with E-state index in [2.05, 4.69) is 10.1 Å². The summed E-state index contributed by atoms with van der Waals surface area (Å²) >= 11 is 0. The van der Waals surface area contributed by atoms with Crippen LogP contribution in [-0.2, 0) is 0 Å². The topological polar surface area (TPSA) is 90.0 Å². The predicted molar refractivity (Wildman–Crippen MR) is 69.8 cm³/mol. The summed E-state index contributed by atoms with van der Waals surface area (Å²) in [5.41, 5.74) is 5.95. The molecule has 6 heteroatoms. The third-order valence-corrected chi connectivity index (χ3v) is 2.42. The Labute approximate surface area is 110 Å². The number of aromatic nitrogens is 1. The molecular weight excluding hydrogens is 246 g/mol. The van der Waals surface area contributed by atoms with Crippen LogP contribution in [0.25, 0.3) is 0 Å². The van der Waals surface area contributed by atoms with E-state index >= 15 is 0 Å². The number of hydrogen-bond donors (Lipinski definition) is 2. The molecule has 0 fully saturated rings. The van der Waals surface area contributed by atoms with Crippen LogP contribution < -0.4 is 15.2 Å². The van der Waals surface area contributed by atoms with Crippen molar-refractivity contribution in [3.8, 4) is 17.4 Å². The highest BCUT2D eigenvalue weighted by atomic mass is 16.5. The molecule has 0 amide bonds. The second kappa shape index (κ2) is 5.72. The molecule has 0 unspecified atom stereocenters. The zero-order chi connectivity index (χ0) is 13.7. The summed E-state index contributed by atoms with van der Waals surface area (Å²) in [6.07, 6.45) is 1.46. The first-order valence-electron chi connectivity index (χ1n) is 5.49. The van der Waals surface area contributed by atoms with Gasteiger partial charge in [-0.2, -0.15) is 0 Å². The molecule has 1 aromatic carbocycles. The number of benzene rings is 1. The van der Waals surface area contributed by atoms with Crippen LogP contribution in [0.4, 0.5) is 0 Å². The second-order valence-corrected chi connectivity index (χ2v) is 3.62. The summed E-state index contributed by atoms with van der Waals surface area (Å²) in [4.78, 5) is 4.07. The van der Waals surface area contributed by atoms with Gasteiger partial charge in [0.25, 0.3) is 0 Å². The molecule has 0 aliphatic rings. The van der Waals surface area contributed by atoms with E-state index in [1.165, 1.54) is 6.20 Å². The molecule has 0 aliphatic carbocycles. The monoisotopic (exact) mass is 259 g/mol. The molecule has 0 aliphatic heterocycles. The second-order valence-electron chi connectivity index (χ2n) is 3.62. The number of para-hydroxylation sites is 2. The molecule has 0 radical (unpaired) electrons. The van der Waals surface area contributed by atoms with Crippen molar-refractivity contribution in [1.29, 1.82) is 0 Å². The number of ether oxygens (including phenoxy) is 2. The molecule has 0 atom stereocenters. The maximum atomic E-state index is 8.55. The number of hydrogen-bond acceptors (Lipinski definition) is 5. The Balaban J connectivity index is 2.20. The van der Waals surface area contributed by atoms with Crippen molar-refractivity contribution in [3.63, 3.8) is 0 Å². The van der Waals surface area contributed by atoms with E-state index in [1.807, 2.05) is 12.1 Å². The van der Waals surface area contributed by atoms with Gasteiger partial charge in [-0.1, -0.05) is 17.3 Å². The summed E-state index contributed by atoms with van der Waals surface area (Å²) in [6.45, 7) is 0. The molecule has 1 heterocycles. The van der Waals surface area contributed by atoms with Crippen molar-refractivity contribution < 1.29 is 14.7 Å². The van der Waals surface area contributed by atoms with Gasteiger partial charge in [-0.3, -0.25) is 0 Å². The van der Waals surface area contributed by atoms with Crippen LogP contribution in [0.15, 0.2) is 47.8 Å². The van der Waals surface area contributed by atoms with Crippen LogP contribution in [-0.4, -0.2) is 23.1 Å². The average molecular weight is 259 g/mol. The predicted octanol–water partition coefficient (Wildman–Crippen LogP) is 1.98. The summed E-state index contributed by atoms with van der Waals surface area (Å²) in [5, 5.41) is 11.4. The Kier molecular flexibility index (Phi) is 3.82. The summed E-state index contributed by atoms with van der Waals surface area (Å²) in [5.74, 6) is 1.56. The van der Waals surface area contributed by atoms with E-state index in [-0.39, 0.29) is 5.84 Å². The van der Waals surface area contributed by atoms with Crippen molar-refractivity contribution in [1.82, 2.24) is 4.98 Å². The molecular formula is C13H13N3O3. The summed E-state index contributed by atoms with van der Waals surface area (Å²) in [6, 6.07) is 10.5. The molecule has 3 N–H and O–H groups in total. The van der Waals surface area contributed by atoms with Crippen molar-refractivity contribution in [2.75, 3.05) is 7.11 Å². The van der Waals surface area contributed by atoms with Crippen molar-refractivity contribution in [3.05, 3.63) is 48.2 Å². The van der Waals surface area contributed by atoms with Crippen molar-refractivity contribution >= 4 is 5.84 Å². The molecule has 98 valence electrons. The fourth-order valence-electron chi connectivity index (χ4n) is 1.47. The minimum absolute atomic E-state index is 0.00339. The minimum atomic E-state index is -0.00339. The maximum Gasteiger partial charge on any atom is 0.219 e. The number of amidine groups is 1. The van der Waals surface area contributed by atoms with Gasteiger partial charge < -0.3 is 20.4 Å². The number of nitrogens with two attached hydrogens (primary N) is 1. The molecule has 1 aromatic heterocycles. The lowest BCUT2D eigenvalue weighted by Crippen LogP contribution is -2.13. The van der Waals surface area contributed by atoms with Crippen molar-refractivity contribution in [2.24, 2.45) is 10.9 Å². The van der Waals surface area contributed by atoms with Crippen LogP contribution in [0, 0.1) is 0 Å². The lowest BCUT2D eigenvalue weighted by molar-refractivity contribution is 0.318.